The number of amides is 1. The number of hydrogen-bond acceptors (Lipinski definition) is 6. The van der Waals surface area contributed by atoms with E-state index < -0.39 is 15.7 Å². The van der Waals surface area contributed by atoms with E-state index >= 15 is 0 Å². The molecule has 128 valence electrons. The Kier molecular flexibility index (Phi) is 4.86. The maximum atomic E-state index is 13.7. The second-order valence-corrected chi connectivity index (χ2v) is 8.57. The molecule has 0 saturated carbocycles. The molecule has 1 aliphatic heterocycles. The van der Waals surface area contributed by atoms with Crippen LogP contribution in [0.25, 0.3) is 11.4 Å². The third-order valence-electron chi connectivity index (χ3n) is 3.52. The van der Waals surface area contributed by atoms with E-state index in [-0.39, 0.29) is 35.0 Å². The fraction of sp³-hybridized carbons (Fsp3) is 0.357. The van der Waals surface area contributed by atoms with Crippen molar-refractivity contribution >= 4 is 27.5 Å². The zero-order valence-electron chi connectivity index (χ0n) is 12.5. The molecule has 0 spiro atoms. The monoisotopic (exact) mass is 370 g/mol. The number of nitrogens with one attached hydrogen (secondary N) is 2. The summed E-state index contributed by atoms with van der Waals surface area (Å²) in [5.74, 6) is -0.243. The molecule has 1 aromatic heterocycles. The van der Waals surface area contributed by atoms with Crippen molar-refractivity contribution in [2.75, 3.05) is 17.3 Å². The number of aromatic amines is 1. The molecule has 2 aromatic rings. The van der Waals surface area contributed by atoms with Crippen molar-refractivity contribution in [1.29, 1.82) is 0 Å². The number of aromatic nitrogens is 3. The minimum atomic E-state index is -3.03. The number of carbonyl (C=O) groups excluding carboxylic acids is 1. The molecule has 0 bridgehead atoms. The molecule has 0 aliphatic carbocycles. The lowest BCUT2D eigenvalue weighted by Crippen LogP contribution is -2.36. The molecular weight excluding hydrogens is 355 g/mol. The first-order valence-electron chi connectivity index (χ1n) is 7.23. The molecule has 3 rings (SSSR count). The van der Waals surface area contributed by atoms with Crippen LogP contribution in [-0.2, 0) is 14.6 Å². The third-order valence-corrected chi connectivity index (χ3v) is 6.14. The van der Waals surface area contributed by atoms with Gasteiger partial charge in [0.05, 0.1) is 22.8 Å². The van der Waals surface area contributed by atoms with Crippen molar-refractivity contribution in [3.63, 3.8) is 0 Å². The van der Waals surface area contributed by atoms with Crippen LogP contribution in [0.15, 0.2) is 29.4 Å². The number of hydrogen-bond donors (Lipinski definition) is 2. The van der Waals surface area contributed by atoms with Gasteiger partial charge in [0, 0.05) is 6.04 Å². The Bertz CT molecular complexity index is 853. The molecule has 1 aromatic carbocycles. The molecule has 2 heterocycles. The van der Waals surface area contributed by atoms with Gasteiger partial charge in [-0.2, -0.15) is 0 Å². The number of H-pyrrole nitrogens is 1. The summed E-state index contributed by atoms with van der Waals surface area (Å²) >= 11 is 1.10. The molecule has 24 heavy (non-hydrogen) atoms. The maximum Gasteiger partial charge on any atom is 0.230 e. The van der Waals surface area contributed by atoms with Gasteiger partial charge in [-0.1, -0.05) is 23.9 Å². The molecule has 2 N–H and O–H groups in total. The number of thioether (sulfide) groups is 1. The molecule has 1 saturated heterocycles. The zero-order valence-corrected chi connectivity index (χ0v) is 14.2. The van der Waals surface area contributed by atoms with Crippen LogP contribution in [-0.4, -0.2) is 52.8 Å². The molecule has 1 amide bonds. The van der Waals surface area contributed by atoms with Gasteiger partial charge >= 0.3 is 0 Å². The van der Waals surface area contributed by atoms with Gasteiger partial charge in [-0.25, -0.2) is 17.8 Å². The molecular formula is C14H15FN4O3S2. The van der Waals surface area contributed by atoms with Crippen LogP contribution >= 0.6 is 11.8 Å². The van der Waals surface area contributed by atoms with Crippen LogP contribution in [0, 0.1) is 5.82 Å². The summed E-state index contributed by atoms with van der Waals surface area (Å²) in [6.45, 7) is 0. The third kappa shape index (κ3) is 4.12. The summed E-state index contributed by atoms with van der Waals surface area (Å²) in [7, 11) is -3.03. The standard InChI is InChI=1S/C14H15FN4O3S2/c15-11-4-2-1-3-10(11)13-17-14(19-18-13)23-7-12(20)16-9-5-6-24(21,22)8-9/h1-4,9H,5-8H2,(H,16,20)(H,17,18,19)/t9-/m0/s1. The minimum absolute atomic E-state index is 0.0124. The average Bonchev–Trinajstić information content (AvgIpc) is 3.12. The first-order chi connectivity index (χ1) is 11.4. The molecule has 0 unspecified atom stereocenters. The van der Waals surface area contributed by atoms with Gasteiger partial charge < -0.3 is 5.32 Å². The Balaban J connectivity index is 1.54. The van der Waals surface area contributed by atoms with E-state index in [4.69, 9.17) is 0 Å². The van der Waals surface area contributed by atoms with Crippen LogP contribution in [0.4, 0.5) is 4.39 Å². The van der Waals surface area contributed by atoms with Gasteiger partial charge in [0.25, 0.3) is 0 Å². The van der Waals surface area contributed by atoms with Crippen LogP contribution in [0.1, 0.15) is 6.42 Å². The SMILES string of the molecule is O=C(CSc1n[nH]c(-c2ccccc2F)n1)N[C@H]1CCS(=O)(=O)C1. The number of rotatable bonds is 5. The molecule has 0 radical (unpaired) electrons. The van der Waals surface area contributed by atoms with Crippen LogP contribution in [0.5, 0.6) is 0 Å². The summed E-state index contributed by atoms with van der Waals surface area (Å²) in [4.78, 5) is 16.0. The summed E-state index contributed by atoms with van der Waals surface area (Å²) in [5.41, 5.74) is 0.303. The first-order valence-corrected chi connectivity index (χ1v) is 10.0. The topological polar surface area (TPSA) is 105 Å². The normalized spacial score (nSPS) is 19.3. The van der Waals surface area contributed by atoms with Gasteiger partial charge in [-0.3, -0.25) is 9.89 Å². The maximum absolute atomic E-state index is 13.7. The van der Waals surface area contributed by atoms with Crippen molar-refractivity contribution in [3.05, 3.63) is 30.1 Å². The Morgan fingerprint density at radius 1 is 1.42 bits per heavy atom. The van der Waals surface area contributed by atoms with Crippen molar-refractivity contribution < 1.29 is 17.6 Å². The lowest BCUT2D eigenvalue weighted by atomic mass is 10.2. The number of nitrogens with zero attached hydrogens (tertiary/aromatic N) is 2. The predicted molar refractivity (Wildman–Crippen MR) is 87.7 cm³/mol. The van der Waals surface area contributed by atoms with Gasteiger partial charge in [-0.05, 0) is 18.6 Å². The van der Waals surface area contributed by atoms with E-state index in [1.54, 1.807) is 18.2 Å². The highest BCUT2D eigenvalue weighted by Gasteiger charge is 2.28. The van der Waals surface area contributed by atoms with Crippen molar-refractivity contribution in [2.45, 2.75) is 17.6 Å². The predicted octanol–water partition coefficient (Wildman–Crippen LogP) is 1.01. The largest absolute Gasteiger partial charge is 0.352 e. The molecule has 1 fully saturated rings. The van der Waals surface area contributed by atoms with Crippen LogP contribution < -0.4 is 5.32 Å². The van der Waals surface area contributed by atoms with Crippen molar-refractivity contribution in [1.82, 2.24) is 20.5 Å². The summed E-state index contributed by atoms with van der Waals surface area (Å²) in [5, 5.41) is 9.59. The van der Waals surface area contributed by atoms with Gasteiger partial charge in [0.15, 0.2) is 15.7 Å². The summed E-state index contributed by atoms with van der Waals surface area (Å²) < 4.78 is 36.4. The van der Waals surface area contributed by atoms with E-state index in [0.717, 1.165) is 11.8 Å². The quantitative estimate of drug-likeness (QED) is 0.761. The van der Waals surface area contributed by atoms with Gasteiger partial charge in [-0.15, -0.1) is 5.10 Å². The lowest BCUT2D eigenvalue weighted by molar-refractivity contribution is -0.119. The number of carbonyl (C=O) groups is 1. The van der Waals surface area contributed by atoms with E-state index in [2.05, 4.69) is 20.5 Å². The van der Waals surface area contributed by atoms with Crippen molar-refractivity contribution in [2.24, 2.45) is 0 Å². The van der Waals surface area contributed by atoms with E-state index in [0.29, 0.717) is 17.1 Å². The fourth-order valence-electron chi connectivity index (χ4n) is 2.39. The first kappa shape index (κ1) is 16.9. The second-order valence-electron chi connectivity index (χ2n) is 5.40. The Morgan fingerprint density at radius 3 is 2.92 bits per heavy atom. The second kappa shape index (κ2) is 6.89. The highest BCUT2D eigenvalue weighted by atomic mass is 32.2. The average molecular weight is 370 g/mol. The van der Waals surface area contributed by atoms with Crippen LogP contribution in [0.2, 0.25) is 0 Å². The number of benzene rings is 1. The van der Waals surface area contributed by atoms with E-state index in [1.165, 1.54) is 6.07 Å². The fourth-order valence-corrected chi connectivity index (χ4v) is 4.68. The molecule has 1 aliphatic rings. The Labute approximate surface area is 142 Å². The van der Waals surface area contributed by atoms with Crippen molar-refractivity contribution in [3.8, 4) is 11.4 Å². The summed E-state index contributed by atoms with van der Waals surface area (Å²) in [6, 6.07) is 5.85. The van der Waals surface area contributed by atoms with Gasteiger partial charge in [0.1, 0.15) is 5.82 Å². The molecule has 7 nitrogen and oxygen atoms in total. The van der Waals surface area contributed by atoms with E-state index in [9.17, 15) is 17.6 Å². The van der Waals surface area contributed by atoms with Gasteiger partial charge in [0.2, 0.25) is 11.1 Å². The highest BCUT2D eigenvalue weighted by Crippen LogP contribution is 2.21. The van der Waals surface area contributed by atoms with E-state index in [1.807, 2.05) is 0 Å². The Morgan fingerprint density at radius 2 is 2.21 bits per heavy atom. The number of halogens is 1. The molecule has 10 heteroatoms. The minimum Gasteiger partial charge on any atom is -0.352 e. The highest BCUT2D eigenvalue weighted by molar-refractivity contribution is 7.99. The molecule has 1 atom stereocenters. The van der Waals surface area contributed by atoms with Crippen LogP contribution in [0.3, 0.4) is 0 Å². The smallest absolute Gasteiger partial charge is 0.230 e. The summed E-state index contributed by atoms with van der Waals surface area (Å²) in [6.07, 6.45) is 0.441. The zero-order chi connectivity index (χ0) is 17.2. The Hall–Kier alpha value is -1.94. The lowest BCUT2D eigenvalue weighted by Gasteiger charge is -2.09. The number of sulfone groups is 1.